The van der Waals surface area contributed by atoms with Gasteiger partial charge < -0.3 is 0 Å². The van der Waals surface area contributed by atoms with E-state index >= 15 is 0 Å². The van der Waals surface area contributed by atoms with Crippen LogP contribution in [0.2, 0.25) is 0 Å². The third-order valence-electron chi connectivity index (χ3n) is 2.53. The van der Waals surface area contributed by atoms with Crippen molar-refractivity contribution < 1.29 is 0 Å². The van der Waals surface area contributed by atoms with E-state index in [2.05, 4.69) is 21.1 Å². The van der Waals surface area contributed by atoms with Crippen LogP contribution in [-0.4, -0.2) is 8.75 Å². The first kappa shape index (κ1) is 12.5. The van der Waals surface area contributed by atoms with Crippen LogP contribution in [0.5, 0.6) is 0 Å². The van der Waals surface area contributed by atoms with Gasteiger partial charge in [-0.05, 0) is 6.42 Å². The van der Waals surface area contributed by atoms with Gasteiger partial charge in [0.15, 0.2) is 0 Å². The molecular formula is C10H20N4S. The predicted molar refractivity (Wildman–Crippen MR) is 63.3 cm³/mol. The zero-order valence-electron chi connectivity index (χ0n) is 9.28. The van der Waals surface area contributed by atoms with Gasteiger partial charge in [-0.15, -0.1) is 0 Å². The highest BCUT2D eigenvalue weighted by Crippen LogP contribution is 2.17. The van der Waals surface area contributed by atoms with E-state index in [9.17, 15) is 0 Å². The minimum Gasteiger partial charge on any atom is -0.271 e. The zero-order chi connectivity index (χ0) is 10.9. The van der Waals surface area contributed by atoms with Crippen molar-refractivity contribution in [3.8, 4) is 0 Å². The molecule has 0 saturated carbocycles. The topological polar surface area (TPSA) is 63.8 Å². The van der Waals surface area contributed by atoms with E-state index in [0.29, 0.717) is 0 Å². The molecule has 0 aliphatic heterocycles. The fourth-order valence-corrected chi connectivity index (χ4v) is 2.06. The zero-order valence-corrected chi connectivity index (χ0v) is 10.1. The Bertz CT molecular complexity index is 238. The van der Waals surface area contributed by atoms with Crippen LogP contribution in [0, 0.1) is 0 Å². The highest BCUT2D eigenvalue weighted by Gasteiger charge is 2.11. The van der Waals surface area contributed by atoms with Gasteiger partial charge in [-0.3, -0.25) is 11.3 Å². The molecule has 1 rings (SSSR count). The fourth-order valence-electron chi connectivity index (χ4n) is 1.59. The van der Waals surface area contributed by atoms with Crippen LogP contribution >= 0.6 is 11.7 Å². The minimum atomic E-state index is 0.172. The molecule has 0 radical (unpaired) electrons. The molecule has 0 aromatic carbocycles. The fraction of sp³-hybridized carbons (Fsp3) is 0.800. The first-order chi connectivity index (χ1) is 7.38. The monoisotopic (exact) mass is 228 g/mol. The van der Waals surface area contributed by atoms with E-state index in [1.165, 1.54) is 43.8 Å². The second kappa shape index (κ2) is 7.73. The summed E-state index contributed by atoms with van der Waals surface area (Å²) in [5.74, 6) is 5.49. The van der Waals surface area contributed by atoms with Gasteiger partial charge in [0, 0.05) is 0 Å². The molecule has 15 heavy (non-hydrogen) atoms. The smallest absolute Gasteiger partial charge is 0.0925 e. The molecule has 0 saturated heterocycles. The molecular weight excluding hydrogens is 208 g/mol. The van der Waals surface area contributed by atoms with Gasteiger partial charge in [-0.25, -0.2) is 0 Å². The Morgan fingerprint density at radius 2 is 2.20 bits per heavy atom. The number of aromatic nitrogens is 2. The molecule has 0 fully saturated rings. The van der Waals surface area contributed by atoms with Gasteiger partial charge in [-0.1, -0.05) is 39.0 Å². The number of hydrazine groups is 1. The molecule has 1 atom stereocenters. The molecule has 4 nitrogen and oxygen atoms in total. The summed E-state index contributed by atoms with van der Waals surface area (Å²) < 4.78 is 8.17. The maximum Gasteiger partial charge on any atom is 0.0925 e. The summed E-state index contributed by atoms with van der Waals surface area (Å²) >= 11 is 1.24. The first-order valence-corrected chi connectivity index (χ1v) is 6.35. The molecule has 1 heterocycles. The van der Waals surface area contributed by atoms with Crippen molar-refractivity contribution in [2.45, 2.75) is 51.5 Å². The lowest BCUT2D eigenvalue weighted by molar-refractivity contribution is 0.472. The van der Waals surface area contributed by atoms with Gasteiger partial charge in [0.25, 0.3) is 0 Å². The molecule has 1 unspecified atom stereocenters. The highest BCUT2D eigenvalue weighted by atomic mass is 32.1. The summed E-state index contributed by atoms with van der Waals surface area (Å²) in [6.45, 7) is 2.23. The van der Waals surface area contributed by atoms with Crippen LogP contribution in [0.4, 0.5) is 0 Å². The van der Waals surface area contributed by atoms with Gasteiger partial charge in [0.2, 0.25) is 0 Å². The lowest BCUT2D eigenvalue weighted by Gasteiger charge is -2.12. The molecule has 5 heteroatoms. The minimum absolute atomic E-state index is 0.172. The number of unbranched alkanes of at least 4 members (excludes halogenated alkanes) is 4. The number of rotatable bonds is 8. The predicted octanol–water partition coefficient (Wildman–Crippen LogP) is 2.40. The maximum absolute atomic E-state index is 5.49. The van der Waals surface area contributed by atoms with Crippen LogP contribution in [0.15, 0.2) is 6.20 Å². The van der Waals surface area contributed by atoms with Crippen molar-refractivity contribution >= 4 is 11.7 Å². The van der Waals surface area contributed by atoms with E-state index in [1.54, 1.807) is 6.20 Å². The standard InChI is InChI=1S/C10H20N4S/c1-2-3-4-5-6-7-9(13-11)10-8-12-15-14-10/h8-9,13H,2-7,11H2,1H3. The second-order valence-corrected chi connectivity index (χ2v) is 4.31. The van der Waals surface area contributed by atoms with Gasteiger partial charge in [0.05, 0.1) is 29.7 Å². The van der Waals surface area contributed by atoms with E-state index < -0.39 is 0 Å². The van der Waals surface area contributed by atoms with Crippen LogP contribution in [0.1, 0.15) is 57.2 Å². The Kier molecular flexibility index (Phi) is 6.47. The average molecular weight is 228 g/mol. The molecule has 0 aliphatic carbocycles. The summed E-state index contributed by atoms with van der Waals surface area (Å²) in [5, 5.41) is 0. The highest BCUT2D eigenvalue weighted by molar-refractivity contribution is 6.99. The van der Waals surface area contributed by atoms with Crippen molar-refractivity contribution in [3.63, 3.8) is 0 Å². The molecule has 0 bridgehead atoms. The van der Waals surface area contributed by atoms with E-state index in [4.69, 9.17) is 5.84 Å². The first-order valence-electron chi connectivity index (χ1n) is 5.62. The summed E-state index contributed by atoms with van der Waals surface area (Å²) in [7, 11) is 0. The molecule has 0 amide bonds. The largest absolute Gasteiger partial charge is 0.271 e. The summed E-state index contributed by atoms with van der Waals surface area (Å²) in [6, 6.07) is 0.172. The molecule has 1 aromatic rings. The number of nitrogens with zero attached hydrogens (tertiary/aromatic N) is 2. The number of nitrogens with one attached hydrogen (secondary N) is 1. The van der Waals surface area contributed by atoms with Crippen molar-refractivity contribution in [2.75, 3.05) is 0 Å². The summed E-state index contributed by atoms with van der Waals surface area (Å²) in [5.41, 5.74) is 3.77. The van der Waals surface area contributed by atoms with Crippen LogP contribution in [0.25, 0.3) is 0 Å². The van der Waals surface area contributed by atoms with Crippen LogP contribution in [-0.2, 0) is 0 Å². The lowest BCUT2D eigenvalue weighted by Crippen LogP contribution is -2.28. The van der Waals surface area contributed by atoms with Crippen molar-refractivity contribution in [2.24, 2.45) is 5.84 Å². The third kappa shape index (κ3) is 4.68. The van der Waals surface area contributed by atoms with Crippen LogP contribution < -0.4 is 11.3 Å². The maximum atomic E-state index is 5.49. The van der Waals surface area contributed by atoms with Gasteiger partial charge in [0.1, 0.15) is 0 Å². The molecule has 1 aromatic heterocycles. The van der Waals surface area contributed by atoms with Crippen LogP contribution in [0.3, 0.4) is 0 Å². The third-order valence-corrected chi connectivity index (χ3v) is 3.03. The van der Waals surface area contributed by atoms with E-state index in [1.807, 2.05) is 0 Å². The molecule has 3 N–H and O–H groups in total. The number of hydrogen-bond acceptors (Lipinski definition) is 5. The quantitative estimate of drug-likeness (QED) is 0.407. The molecule has 0 aliphatic rings. The van der Waals surface area contributed by atoms with Gasteiger partial charge >= 0.3 is 0 Å². The number of nitrogens with two attached hydrogens (primary N) is 1. The molecule has 0 spiro atoms. The average Bonchev–Trinajstić information content (AvgIpc) is 2.77. The van der Waals surface area contributed by atoms with E-state index in [-0.39, 0.29) is 6.04 Å². The lowest BCUT2D eigenvalue weighted by atomic mass is 10.1. The van der Waals surface area contributed by atoms with Gasteiger partial charge in [-0.2, -0.15) is 8.75 Å². The number of hydrogen-bond donors (Lipinski definition) is 2. The SMILES string of the molecule is CCCCCCCC(NN)c1cnsn1. The Morgan fingerprint density at radius 3 is 2.80 bits per heavy atom. The Morgan fingerprint density at radius 1 is 1.40 bits per heavy atom. The Balaban J connectivity index is 2.18. The Hall–Kier alpha value is -0.520. The van der Waals surface area contributed by atoms with Crippen molar-refractivity contribution in [3.05, 3.63) is 11.9 Å². The van der Waals surface area contributed by atoms with E-state index in [0.717, 1.165) is 12.1 Å². The summed E-state index contributed by atoms with van der Waals surface area (Å²) in [4.78, 5) is 0. The molecule has 86 valence electrons. The van der Waals surface area contributed by atoms with Crippen molar-refractivity contribution in [1.29, 1.82) is 0 Å². The van der Waals surface area contributed by atoms with Crippen molar-refractivity contribution in [1.82, 2.24) is 14.2 Å². The normalized spacial score (nSPS) is 12.9. The Labute approximate surface area is 95.6 Å². The summed E-state index contributed by atoms with van der Waals surface area (Å²) in [6.07, 6.45) is 9.26. The second-order valence-electron chi connectivity index (χ2n) is 3.75.